The van der Waals surface area contributed by atoms with Gasteiger partial charge in [0.2, 0.25) is 6.04 Å². The topological polar surface area (TPSA) is 134 Å². The van der Waals surface area contributed by atoms with Crippen LogP contribution in [0.3, 0.4) is 0 Å². The molecule has 0 saturated carbocycles. The van der Waals surface area contributed by atoms with Gasteiger partial charge in [-0.15, -0.1) is 0 Å². The number of carbonyl (C=O) groups is 1. The summed E-state index contributed by atoms with van der Waals surface area (Å²) in [5.41, 5.74) is 1.44. The van der Waals surface area contributed by atoms with Crippen LogP contribution >= 0.6 is 0 Å². The zero-order chi connectivity index (χ0) is 16.7. The number of nitro groups is 1. The lowest BCUT2D eigenvalue weighted by atomic mass is 10.1. The van der Waals surface area contributed by atoms with Gasteiger partial charge in [0.15, 0.2) is 0 Å². The maximum absolute atomic E-state index is 11.9. The van der Waals surface area contributed by atoms with E-state index in [2.05, 4.69) is 20.4 Å². The Morgan fingerprint density at radius 1 is 1.68 bits per heavy atom. The molecule has 9 heteroatoms. The molecule has 1 amide bonds. The number of aromatic amines is 1. The Kier molecular flexibility index (Phi) is 6.24. The van der Waals surface area contributed by atoms with E-state index in [4.69, 9.17) is 5.21 Å². The largest absolute Gasteiger partial charge is 0.411 e. The van der Waals surface area contributed by atoms with Crippen LogP contribution in [0.2, 0.25) is 0 Å². The summed E-state index contributed by atoms with van der Waals surface area (Å²) in [5.74, 6) is -0.424. The van der Waals surface area contributed by atoms with Gasteiger partial charge >= 0.3 is 0 Å². The predicted molar refractivity (Wildman–Crippen MR) is 79.7 cm³/mol. The Bertz CT molecular complexity index is 605. The van der Waals surface area contributed by atoms with E-state index in [9.17, 15) is 14.9 Å². The summed E-state index contributed by atoms with van der Waals surface area (Å²) in [4.78, 5) is 29.0. The van der Waals surface area contributed by atoms with Crippen molar-refractivity contribution in [2.24, 2.45) is 5.16 Å². The van der Waals surface area contributed by atoms with E-state index in [1.807, 2.05) is 0 Å². The van der Waals surface area contributed by atoms with Gasteiger partial charge in [-0.1, -0.05) is 12.1 Å². The van der Waals surface area contributed by atoms with Crippen LogP contribution in [0.25, 0.3) is 0 Å². The van der Waals surface area contributed by atoms with Crippen molar-refractivity contribution in [2.75, 3.05) is 6.54 Å². The summed E-state index contributed by atoms with van der Waals surface area (Å²) < 4.78 is 0. The highest BCUT2D eigenvalue weighted by atomic mass is 16.6. The molecule has 0 fully saturated rings. The molecule has 1 atom stereocenters. The minimum absolute atomic E-state index is 0.0624. The molecule has 9 nitrogen and oxygen atoms in total. The first-order chi connectivity index (χ1) is 10.4. The number of oxime groups is 1. The number of nitrogens with one attached hydrogen (secondary N) is 2. The summed E-state index contributed by atoms with van der Waals surface area (Å²) in [6.45, 7) is 4.92. The number of amides is 1. The number of aryl methyl sites for hydroxylation is 1. The molecule has 1 rings (SSSR count). The molecule has 1 heterocycles. The van der Waals surface area contributed by atoms with Crippen LogP contribution in [0, 0.1) is 17.0 Å². The lowest BCUT2D eigenvalue weighted by Crippen LogP contribution is -2.30. The average Bonchev–Trinajstić information content (AvgIpc) is 2.89. The first-order valence-corrected chi connectivity index (χ1v) is 6.71. The maximum Gasteiger partial charge on any atom is 0.272 e. The third-order valence-corrected chi connectivity index (χ3v) is 3.16. The summed E-state index contributed by atoms with van der Waals surface area (Å²) in [7, 11) is 0. The molecule has 0 aliphatic heterocycles. The van der Waals surface area contributed by atoms with Gasteiger partial charge in [0, 0.05) is 22.6 Å². The highest BCUT2D eigenvalue weighted by Crippen LogP contribution is 2.09. The highest BCUT2D eigenvalue weighted by Gasteiger charge is 2.20. The van der Waals surface area contributed by atoms with E-state index >= 15 is 0 Å². The number of rotatable bonds is 7. The first kappa shape index (κ1) is 17.3. The Morgan fingerprint density at radius 2 is 2.36 bits per heavy atom. The molecule has 1 unspecified atom stereocenters. The molecule has 1 aromatic rings. The molecule has 3 N–H and O–H groups in total. The van der Waals surface area contributed by atoms with Crippen LogP contribution in [0.5, 0.6) is 0 Å². The number of nitrogens with zero attached hydrogens (tertiary/aromatic N) is 3. The molecule has 1 aromatic heterocycles. The smallest absolute Gasteiger partial charge is 0.272 e. The lowest BCUT2D eigenvalue weighted by molar-refractivity contribution is -0.512. The summed E-state index contributed by atoms with van der Waals surface area (Å²) in [6.07, 6.45) is 3.12. The fourth-order valence-corrected chi connectivity index (χ4v) is 1.95. The summed E-state index contributed by atoms with van der Waals surface area (Å²) in [6, 6.07) is -0.846. The fraction of sp³-hybridized carbons (Fsp3) is 0.462. The van der Waals surface area contributed by atoms with Crippen molar-refractivity contribution in [3.8, 4) is 0 Å². The summed E-state index contributed by atoms with van der Waals surface area (Å²) in [5, 5.41) is 25.4. The Labute approximate surface area is 127 Å². The molecular weight excluding hydrogens is 290 g/mol. The van der Waals surface area contributed by atoms with Gasteiger partial charge in [-0.3, -0.25) is 14.9 Å². The second-order valence-electron chi connectivity index (χ2n) is 4.75. The van der Waals surface area contributed by atoms with Crippen molar-refractivity contribution in [1.82, 2.24) is 15.3 Å². The Hall–Kier alpha value is -2.71. The van der Waals surface area contributed by atoms with Crippen LogP contribution in [0.4, 0.5) is 0 Å². The van der Waals surface area contributed by atoms with Crippen molar-refractivity contribution in [3.05, 3.63) is 39.5 Å². The average molecular weight is 309 g/mol. The van der Waals surface area contributed by atoms with Gasteiger partial charge in [-0.25, -0.2) is 4.98 Å². The monoisotopic (exact) mass is 309 g/mol. The van der Waals surface area contributed by atoms with Crippen molar-refractivity contribution in [3.63, 3.8) is 0 Å². The summed E-state index contributed by atoms with van der Waals surface area (Å²) >= 11 is 0. The second kappa shape index (κ2) is 7.91. The van der Waals surface area contributed by atoms with Crippen LogP contribution in [0.1, 0.15) is 36.5 Å². The number of H-pyrrole nitrogens is 1. The standard InChI is InChI=1S/C13H19N5O4/c1-4-11(18(21)22)8(2)5-10(17-20)6-14-13(19)12-9(3)15-7-16-12/h5,7,11,20H,4,6H2,1-3H3,(H,14,19)(H,15,16). The number of imidazole rings is 1. The second-order valence-corrected chi connectivity index (χ2v) is 4.75. The highest BCUT2D eigenvalue weighted by molar-refractivity contribution is 6.01. The molecule has 0 saturated heterocycles. The van der Waals surface area contributed by atoms with Gasteiger partial charge in [0.1, 0.15) is 5.69 Å². The SMILES string of the molecule is CCC(C(C)=CC(CNC(=O)c1nc[nH]c1C)=NO)[N+](=O)[O-]. The van der Waals surface area contributed by atoms with Crippen molar-refractivity contribution >= 4 is 11.6 Å². The van der Waals surface area contributed by atoms with Crippen molar-refractivity contribution in [2.45, 2.75) is 33.2 Å². The van der Waals surface area contributed by atoms with Crippen molar-refractivity contribution in [1.29, 1.82) is 0 Å². The van der Waals surface area contributed by atoms with Crippen LogP contribution in [-0.2, 0) is 0 Å². The number of hydrogen-bond acceptors (Lipinski definition) is 6. The molecule has 0 radical (unpaired) electrons. The first-order valence-electron chi connectivity index (χ1n) is 6.71. The molecular formula is C13H19N5O4. The number of aromatic nitrogens is 2. The van der Waals surface area contributed by atoms with E-state index in [1.165, 1.54) is 12.4 Å². The van der Waals surface area contributed by atoms with E-state index in [1.54, 1.807) is 20.8 Å². The Balaban J connectivity index is 2.72. The van der Waals surface area contributed by atoms with Crippen LogP contribution < -0.4 is 5.32 Å². The Morgan fingerprint density at radius 3 is 2.82 bits per heavy atom. The van der Waals surface area contributed by atoms with Gasteiger partial charge in [-0.05, 0) is 19.9 Å². The molecule has 0 bridgehead atoms. The zero-order valence-corrected chi connectivity index (χ0v) is 12.7. The van der Waals surface area contributed by atoms with Gasteiger partial charge in [0.05, 0.1) is 18.6 Å². The van der Waals surface area contributed by atoms with Gasteiger partial charge in [0.25, 0.3) is 5.91 Å². The molecule has 120 valence electrons. The van der Waals surface area contributed by atoms with Gasteiger partial charge in [-0.2, -0.15) is 0 Å². The fourth-order valence-electron chi connectivity index (χ4n) is 1.95. The minimum atomic E-state index is -0.846. The van der Waals surface area contributed by atoms with E-state index in [-0.39, 0.29) is 18.0 Å². The quantitative estimate of drug-likeness (QED) is 0.302. The normalized spacial score (nSPS) is 13.8. The third-order valence-electron chi connectivity index (χ3n) is 3.16. The van der Waals surface area contributed by atoms with Gasteiger partial charge < -0.3 is 15.5 Å². The molecule has 0 aliphatic rings. The van der Waals surface area contributed by atoms with E-state index in [0.29, 0.717) is 17.7 Å². The number of carbonyl (C=O) groups excluding carboxylic acids is 1. The molecule has 0 spiro atoms. The minimum Gasteiger partial charge on any atom is -0.411 e. The molecule has 22 heavy (non-hydrogen) atoms. The zero-order valence-electron chi connectivity index (χ0n) is 12.7. The van der Waals surface area contributed by atoms with Crippen molar-refractivity contribution < 1.29 is 14.9 Å². The maximum atomic E-state index is 11.9. The van der Waals surface area contributed by atoms with E-state index in [0.717, 1.165) is 0 Å². The predicted octanol–water partition coefficient (Wildman–Crippen LogP) is 1.28. The van der Waals surface area contributed by atoms with E-state index < -0.39 is 16.9 Å². The van der Waals surface area contributed by atoms with Crippen LogP contribution in [-0.4, -0.2) is 44.3 Å². The molecule has 0 aliphatic carbocycles. The lowest BCUT2D eigenvalue weighted by Gasteiger charge is -2.08. The van der Waals surface area contributed by atoms with Crippen LogP contribution in [0.15, 0.2) is 23.1 Å². The molecule has 0 aromatic carbocycles. The third kappa shape index (κ3) is 4.40. The number of hydrogen-bond donors (Lipinski definition) is 3.